The second-order valence-electron chi connectivity index (χ2n) is 11.1. The third-order valence-corrected chi connectivity index (χ3v) is 8.12. The first-order chi connectivity index (χ1) is 16.0. The Morgan fingerprint density at radius 2 is 1.76 bits per heavy atom. The van der Waals surface area contributed by atoms with E-state index in [1.165, 1.54) is 24.0 Å². The smallest absolute Gasteiger partial charge is 0.407 e. The molecule has 174 valence electrons. The van der Waals surface area contributed by atoms with Crippen LogP contribution in [0.15, 0.2) is 42.5 Å². The van der Waals surface area contributed by atoms with Gasteiger partial charge in [0.1, 0.15) is 11.9 Å². The Morgan fingerprint density at radius 1 is 1.03 bits per heavy atom. The molecule has 2 bridgehead atoms. The summed E-state index contributed by atoms with van der Waals surface area (Å²) in [5.74, 6) is 2.12. The maximum absolute atomic E-state index is 12.9. The summed E-state index contributed by atoms with van der Waals surface area (Å²) in [6, 6.07) is 15.1. The van der Waals surface area contributed by atoms with Gasteiger partial charge in [-0.15, -0.1) is 0 Å². The first-order valence-electron chi connectivity index (χ1n) is 12.5. The summed E-state index contributed by atoms with van der Waals surface area (Å²) in [5.41, 5.74) is 4.58. The van der Waals surface area contributed by atoms with Crippen LogP contribution in [0.2, 0.25) is 0 Å². The van der Waals surface area contributed by atoms with Crippen LogP contribution in [0, 0.1) is 11.3 Å². The van der Waals surface area contributed by atoms with Crippen LogP contribution in [0.5, 0.6) is 5.75 Å². The van der Waals surface area contributed by atoms with Crippen LogP contribution in [-0.2, 0) is 4.74 Å². The van der Waals surface area contributed by atoms with E-state index in [9.17, 15) is 4.79 Å². The molecule has 7 rings (SSSR count). The standard InChI is InChI=1S/C28H34N2O3/c1-28(2)17-32-24-15-22(20-7-5-19(6-8-20)18-3-4-18)9-10-23(24)26(28)29-27(31)33-25-16-30-13-11-21(25)12-14-30/h5-10,15,18,21,25-26H,3-4,11-14,16-17H2,1-2H3,(H,29,31)/t25-,26?/m1/s1. The maximum Gasteiger partial charge on any atom is 0.407 e. The Balaban J connectivity index is 1.20. The van der Waals surface area contributed by atoms with Crippen LogP contribution in [0.25, 0.3) is 11.1 Å². The second-order valence-corrected chi connectivity index (χ2v) is 11.1. The molecule has 33 heavy (non-hydrogen) atoms. The highest BCUT2D eigenvalue weighted by atomic mass is 16.6. The minimum atomic E-state index is -0.306. The molecule has 1 amide bonds. The van der Waals surface area contributed by atoms with Gasteiger partial charge in [-0.2, -0.15) is 0 Å². The summed E-state index contributed by atoms with van der Waals surface area (Å²) in [5, 5.41) is 3.20. The maximum atomic E-state index is 12.9. The fourth-order valence-corrected chi connectivity index (χ4v) is 5.82. The molecule has 0 radical (unpaired) electrons. The lowest BCUT2D eigenvalue weighted by molar-refractivity contribution is -0.0361. The lowest BCUT2D eigenvalue weighted by Crippen LogP contribution is -2.53. The zero-order valence-corrected chi connectivity index (χ0v) is 19.7. The number of piperidine rings is 3. The third kappa shape index (κ3) is 4.12. The van der Waals surface area contributed by atoms with Crippen LogP contribution < -0.4 is 10.1 Å². The van der Waals surface area contributed by atoms with Crippen molar-refractivity contribution in [2.24, 2.45) is 11.3 Å². The molecule has 1 unspecified atom stereocenters. The number of ether oxygens (including phenoxy) is 2. The summed E-state index contributed by atoms with van der Waals surface area (Å²) in [7, 11) is 0. The van der Waals surface area contributed by atoms with Gasteiger partial charge in [0, 0.05) is 17.5 Å². The number of benzene rings is 2. The van der Waals surface area contributed by atoms with Crippen molar-refractivity contribution < 1.29 is 14.3 Å². The average Bonchev–Trinajstić information content (AvgIpc) is 3.67. The molecule has 2 aromatic carbocycles. The Hall–Kier alpha value is -2.53. The van der Waals surface area contributed by atoms with Crippen molar-refractivity contribution in [3.63, 3.8) is 0 Å². The third-order valence-electron chi connectivity index (χ3n) is 8.12. The van der Waals surface area contributed by atoms with E-state index >= 15 is 0 Å². The normalized spacial score (nSPS) is 29.6. The van der Waals surface area contributed by atoms with Gasteiger partial charge in [-0.25, -0.2) is 4.79 Å². The van der Waals surface area contributed by atoms with E-state index in [1.807, 2.05) is 0 Å². The zero-order chi connectivity index (χ0) is 22.6. The molecular formula is C28H34N2O3. The summed E-state index contributed by atoms with van der Waals surface area (Å²) in [4.78, 5) is 15.3. The molecule has 3 saturated heterocycles. The van der Waals surface area contributed by atoms with Crippen molar-refractivity contribution >= 4 is 6.09 Å². The van der Waals surface area contributed by atoms with E-state index in [-0.39, 0.29) is 23.7 Å². The Kier molecular flexibility index (Phi) is 5.13. The van der Waals surface area contributed by atoms with Gasteiger partial charge in [-0.1, -0.05) is 50.2 Å². The molecule has 0 aromatic heterocycles. The molecule has 2 aromatic rings. The number of nitrogens with zero attached hydrogens (tertiary/aromatic N) is 1. The van der Waals surface area contributed by atoms with Crippen LogP contribution in [0.1, 0.15) is 62.6 Å². The van der Waals surface area contributed by atoms with Gasteiger partial charge in [0.05, 0.1) is 12.6 Å². The average molecular weight is 447 g/mol. The highest BCUT2D eigenvalue weighted by Crippen LogP contribution is 2.45. The topological polar surface area (TPSA) is 50.8 Å². The summed E-state index contributed by atoms with van der Waals surface area (Å²) in [6.07, 6.45) is 4.61. The van der Waals surface area contributed by atoms with Gasteiger partial charge in [-0.3, -0.25) is 4.90 Å². The largest absolute Gasteiger partial charge is 0.493 e. The molecule has 5 nitrogen and oxygen atoms in total. The first-order valence-corrected chi connectivity index (χ1v) is 12.5. The number of hydrogen-bond donors (Lipinski definition) is 1. The van der Waals surface area contributed by atoms with Gasteiger partial charge in [0.2, 0.25) is 0 Å². The number of amides is 1. The quantitative estimate of drug-likeness (QED) is 0.673. The number of nitrogens with one attached hydrogen (secondary N) is 1. The Labute approximate surface area is 196 Å². The first kappa shape index (κ1) is 21.0. The molecule has 5 aliphatic rings. The summed E-state index contributed by atoms with van der Waals surface area (Å²) < 4.78 is 12.1. The molecule has 5 heteroatoms. The van der Waals surface area contributed by atoms with Crippen molar-refractivity contribution in [3.05, 3.63) is 53.6 Å². The molecule has 1 aliphatic carbocycles. The van der Waals surface area contributed by atoms with Gasteiger partial charge in [0.25, 0.3) is 0 Å². The van der Waals surface area contributed by atoms with Gasteiger partial charge in [-0.05, 0) is 73.4 Å². The van der Waals surface area contributed by atoms with Crippen molar-refractivity contribution in [2.75, 3.05) is 26.2 Å². The van der Waals surface area contributed by atoms with Crippen molar-refractivity contribution in [1.29, 1.82) is 0 Å². The van der Waals surface area contributed by atoms with Gasteiger partial charge in [0.15, 0.2) is 0 Å². The minimum absolute atomic E-state index is 0.0101. The van der Waals surface area contributed by atoms with Crippen LogP contribution in [0.4, 0.5) is 4.79 Å². The lowest BCUT2D eigenvalue weighted by Gasteiger charge is -2.44. The molecule has 4 aliphatic heterocycles. The van der Waals surface area contributed by atoms with Gasteiger partial charge < -0.3 is 14.8 Å². The van der Waals surface area contributed by atoms with E-state index in [0.717, 1.165) is 55.3 Å². The summed E-state index contributed by atoms with van der Waals surface area (Å²) in [6.45, 7) is 7.97. The number of fused-ring (bicyclic) bond motifs is 4. The molecular weight excluding hydrogens is 412 g/mol. The van der Waals surface area contributed by atoms with Crippen molar-refractivity contribution in [1.82, 2.24) is 10.2 Å². The highest BCUT2D eigenvalue weighted by molar-refractivity contribution is 5.70. The van der Waals surface area contributed by atoms with Gasteiger partial charge >= 0.3 is 6.09 Å². The Bertz CT molecular complexity index is 1040. The number of carbonyl (C=O) groups excluding carboxylic acids is 1. The monoisotopic (exact) mass is 446 g/mol. The van der Waals surface area contributed by atoms with E-state index < -0.39 is 0 Å². The van der Waals surface area contributed by atoms with Crippen molar-refractivity contribution in [2.45, 2.75) is 57.6 Å². The van der Waals surface area contributed by atoms with E-state index in [4.69, 9.17) is 9.47 Å². The fraction of sp³-hybridized carbons (Fsp3) is 0.536. The number of carbonyl (C=O) groups is 1. The van der Waals surface area contributed by atoms with E-state index in [2.05, 4.69) is 66.5 Å². The highest BCUT2D eigenvalue weighted by Gasteiger charge is 2.41. The van der Waals surface area contributed by atoms with Crippen molar-refractivity contribution in [3.8, 4) is 16.9 Å². The molecule has 4 fully saturated rings. The Morgan fingerprint density at radius 3 is 2.42 bits per heavy atom. The number of alkyl carbamates (subject to hydrolysis) is 1. The van der Waals surface area contributed by atoms with E-state index in [1.54, 1.807) is 0 Å². The molecule has 0 spiro atoms. The predicted octanol–water partition coefficient (Wildman–Crippen LogP) is 5.51. The molecule has 4 heterocycles. The number of rotatable bonds is 4. The molecule has 1 saturated carbocycles. The van der Waals surface area contributed by atoms with E-state index in [0.29, 0.717) is 12.5 Å². The number of hydrogen-bond acceptors (Lipinski definition) is 4. The SMILES string of the molecule is CC1(C)COc2cc(-c3ccc(C4CC4)cc3)ccc2C1NC(=O)O[C@@H]1CN2CCC1CC2. The minimum Gasteiger partial charge on any atom is -0.493 e. The fourth-order valence-electron chi connectivity index (χ4n) is 5.82. The predicted molar refractivity (Wildman–Crippen MR) is 128 cm³/mol. The van der Waals surface area contributed by atoms with Crippen LogP contribution >= 0.6 is 0 Å². The zero-order valence-electron chi connectivity index (χ0n) is 19.7. The second kappa shape index (κ2) is 8.05. The van der Waals surface area contributed by atoms with Crippen LogP contribution in [-0.4, -0.2) is 43.3 Å². The molecule has 2 atom stereocenters. The molecule has 1 N–H and O–H groups in total. The lowest BCUT2D eigenvalue weighted by atomic mass is 9.78. The van der Waals surface area contributed by atoms with Crippen LogP contribution in [0.3, 0.4) is 0 Å². The summed E-state index contributed by atoms with van der Waals surface area (Å²) >= 11 is 0.